The molecule has 3 heteroatoms. The largest absolute Gasteiger partial charge is 0.508 e. The van der Waals surface area contributed by atoms with E-state index < -0.39 is 5.60 Å². The number of phenols is 1. The summed E-state index contributed by atoms with van der Waals surface area (Å²) in [6, 6.07) is 4.92. The fourth-order valence-electron chi connectivity index (χ4n) is 2.17. The van der Waals surface area contributed by atoms with E-state index >= 15 is 0 Å². The molecular weight excluding hydrogens is 204 g/mol. The van der Waals surface area contributed by atoms with E-state index in [1.807, 2.05) is 13.8 Å². The molecule has 0 aromatic heterocycles. The summed E-state index contributed by atoms with van der Waals surface area (Å²) in [6.45, 7) is 3.91. The predicted molar refractivity (Wildman–Crippen MR) is 60.8 cm³/mol. The van der Waals surface area contributed by atoms with E-state index in [4.69, 9.17) is 4.74 Å². The number of ketones is 1. The lowest BCUT2D eigenvalue weighted by Crippen LogP contribution is -2.47. The van der Waals surface area contributed by atoms with Gasteiger partial charge in [-0.3, -0.25) is 4.79 Å². The Morgan fingerprint density at radius 1 is 1.38 bits per heavy atom. The summed E-state index contributed by atoms with van der Waals surface area (Å²) in [6.07, 6.45) is 1.73. The molecular formula is C13H16O3. The molecule has 2 rings (SSSR count). The molecule has 3 nitrogen and oxygen atoms in total. The molecule has 0 spiro atoms. The molecule has 0 fully saturated rings. The maximum atomic E-state index is 12.0. The van der Waals surface area contributed by atoms with Crippen LogP contribution in [0.4, 0.5) is 0 Å². The lowest BCUT2D eigenvalue weighted by atomic mass is 9.85. The number of Topliss-reactive ketones (excluding diaryl/α,β-unsaturated/α-hetero) is 1. The molecule has 0 aliphatic carbocycles. The molecule has 0 unspecified atom stereocenters. The van der Waals surface area contributed by atoms with Gasteiger partial charge in [0.2, 0.25) is 0 Å². The van der Waals surface area contributed by atoms with Crippen LogP contribution in [0, 0.1) is 0 Å². The molecule has 0 bridgehead atoms. The predicted octanol–water partition coefficient (Wildman–Crippen LogP) is 2.46. The second-order valence-electron chi connectivity index (χ2n) is 4.20. The van der Waals surface area contributed by atoms with Gasteiger partial charge in [0.25, 0.3) is 0 Å². The molecule has 1 aliphatic heterocycles. The first-order valence-electron chi connectivity index (χ1n) is 5.65. The maximum absolute atomic E-state index is 12.0. The highest BCUT2D eigenvalue weighted by Gasteiger charge is 2.40. The van der Waals surface area contributed by atoms with Gasteiger partial charge < -0.3 is 9.84 Å². The Morgan fingerprint density at radius 3 is 2.69 bits per heavy atom. The van der Waals surface area contributed by atoms with Crippen molar-refractivity contribution in [2.24, 2.45) is 0 Å². The van der Waals surface area contributed by atoms with E-state index in [1.165, 1.54) is 0 Å². The molecule has 86 valence electrons. The summed E-state index contributed by atoms with van der Waals surface area (Å²) in [5.74, 6) is 0.952. The van der Waals surface area contributed by atoms with Crippen molar-refractivity contribution >= 4 is 5.78 Å². The second-order valence-corrected chi connectivity index (χ2v) is 4.20. The van der Waals surface area contributed by atoms with E-state index in [0.29, 0.717) is 25.0 Å². The molecule has 0 amide bonds. The number of carbonyl (C=O) groups is 1. The van der Waals surface area contributed by atoms with Crippen LogP contribution in [0.15, 0.2) is 18.2 Å². The van der Waals surface area contributed by atoms with Gasteiger partial charge in [-0.1, -0.05) is 19.9 Å². The van der Waals surface area contributed by atoms with Crippen molar-refractivity contribution in [2.45, 2.75) is 38.7 Å². The number of aromatic hydroxyl groups is 1. The number of hydrogen-bond acceptors (Lipinski definition) is 3. The smallest absolute Gasteiger partial charge is 0.180 e. The van der Waals surface area contributed by atoms with Gasteiger partial charge in [-0.05, 0) is 18.9 Å². The van der Waals surface area contributed by atoms with Crippen molar-refractivity contribution in [1.82, 2.24) is 0 Å². The fourth-order valence-corrected chi connectivity index (χ4v) is 2.17. The normalized spacial score (nSPS) is 17.8. The van der Waals surface area contributed by atoms with E-state index in [9.17, 15) is 9.90 Å². The molecule has 0 atom stereocenters. The van der Waals surface area contributed by atoms with Crippen LogP contribution in [0.25, 0.3) is 0 Å². The zero-order valence-corrected chi connectivity index (χ0v) is 9.62. The van der Waals surface area contributed by atoms with Crippen LogP contribution in [0.2, 0.25) is 0 Å². The van der Waals surface area contributed by atoms with E-state index in [-0.39, 0.29) is 11.5 Å². The summed E-state index contributed by atoms with van der Waals surface area (Å²) in [5.41, 5.74) is 0.168. The van der Waals surface area contributed by atoms with Gasteiger partial charge >= 0.3 is 0 Å². The average Bonchev–Trinajstić information content (AvgIpc) is 2.29. The Kier molecular flexibility index (Phi) is 2.62. The van der Waals surface area contributed by atoms with Gasteiger partial charge in [0.15, 0.2) is 11.4 Å². The second kappa shape index (κ2) is 3.81. The monoisotopic (exact) mass is 220 g/mol. The Balaban J connectivity index is 2.43. The number of benzene rings is 1. The third kappa shape index (κ3) is 1.56. The van der Waals surface area contributed by atoms with E-state index in [0.717, 1.165) is 5.56 Å². The van der Waals surface area contributed by atoms with Crippen LogP contribution in [0.5, 0.6) is 11.5 Å². The molecule has 1 aliphatic rings. The van der Waals surface area contributed by atoms with Gasteiger partial charge in [0.1, 0.15) is 11.5 Å². The minimum Gasteiger partial charge on any atom is -0.508 e. The molecule has 16 heavy (non-hydrogen) atoms. The first-order valence-corrected chi connectivity index (χ1v) is 5.65. The highest BCUT2D eigenvalue weighted by molar-refractivity contribution is 5.91. The number of hydrogen-bond donors (Lipinski definition) is 1. The fraction of sp³-hybridized carbons (Fsp3) is 0.462. The van der Waals surface area contributed by atoms with Gasteiger partial charge in [-0.2, -0.15) is 0 Å². The molecule has 1 N–H and O–H groups in total. The number of phenolic OH excluding ortho intramolecular Hbond substituents is 1. The standard InChI is InChI=1S/C13H16O3/c1-3-13(4-2)12(15)7-9-5-6-10(14)8-11(9)16-13/h5-6,8,14H,3-4,7H2,1-2H3. The minimum atomic E-state index is -0.694. The zero-order valence-electron chi connectivity index (χ0n) is 9.62. The van der Waals surface area contributed by atoms with Gasteiger partial charge in [0, 0.05) is 18.1 Å². The SMILES string of the molecule is CCC1(CC)Oc2cc(O)ccc2CC1=O. The van der Waals surface area contributed by atoms with Crippen molar-refractivity contribution in [2.75, 3.05) is 0 Å². The van der Waals surface area contributed by atoms with E-state index in [1.54, 1.807) is 18.2 Å². The first-order chi connectivity index (χ1) is 7.61. The summed E-state index contributed by atoms with van der Waals surface area (Å²) in [5, 5.41) is 9.40. The average molecular weight is 220 g/mol. The molecule has 0 saturated carbocycles. The lowest BCUT2D eigenvalue weighted by Gasteiger charge is -2.35. The topological polar surface area (TPSA) is 46.5 Å². The molecule has 1 heterocycles. The number of carbonyl (C=O) groups excluding carboxylic acids is 1. The third-order valence-corrected chi connectivity index (χ3v) is 3.36. The third-order valence-electron chi connectivity index (χ3n) is 3.36. The van der Waals surface area contributed by atoms with Crippen molar-refractivity contribution in [3.63, 3.8) is 0 Å². The zero-order chi connectivity index (χ0) is 11.8. The quantitative estimate of drug-likeness (QED) is 0.832. The van der Waals surface area contributed by atoms with Crippen LogP contribution in [0.3, 0.4) is 0 Å². The van der Waals surface area contributed by atoms with Crippen molar-refractivity contribution in [1.29, 1.82) is 0 Å². The highest BCUT2D eigenvalue weighted by Crippen LogP contribution is 2.36. The lowest BCUT2D eigenvalue weighted by molar-refractivity contribution is -0.136. The summed E-state index contributed by atoms with van der Waals surface area (Å²) in [7, 11) is 0. The molecule has 1 aromatic carbocycles. The van der Waals surface area contributed by atoms with Crippen LogP contribution in [-0.2, 0) is 11.2 Å². The molecule has 0 radical (unpaired) electrons. The van der Waals surface area contributed by atoms with Gasteiger partial charge in [-0.25, -0.2) is 0 Å². The Labute approximate surface area is 95.0 Å². The number of fused-ring (bicyclic) bond motifs is 1. The summed E-state index contributed by atoms with van der Waals surface area (Å²) >= 11 is 0. The molecule has 0 saturated heterocycles. The van der Waals surface area contributed by atoms with Crippen LogP contribution < -0.4 is 4.74 Å². The van der Waals surface area contributed by atoms with Crippen LogP contribution >= 0.6 is 0 Å². The summed E-state index contributed by atoms with van der Waals surface area (Å²) < 4.78 is 5.80. The highest BCUT2D eigenvalue weighted by atomic mass is 16.5. The molecule has 1 aromatic rings. The Hall–Kier alpha value is -1.51. The van der Waals surface area contributed by atoms with Crippen molar-refractivity contribution < 1.29 is 14.6 Å². The Morgan fingerprint density at radius 2 is 2.06 bits per heavy atom. The maximum Gasteiger partial charge on any atom is 0.180 e. The van der Waals surface area contributed by atoms with E-state index in [2.05, 4.69) is 0 Å². The van der Waals surface area contributed by atoms with Crippen LogP contribution in [0.1, 0.15) is 32.3 Å². The van der Waals surface area contributed by atoms with Crippen molar-refractivity contribution in [3.8, 4) is 11.5 Å². The summed E-state index contributed by atoms with van der Waals surface area (Å²) in [4.78, 5) is 12.0. The van der Waals surface area contributed by atoms with Crippen molar-refractivity contribution in [3.05, 3.63) is 23.8 Å². The van der Waals surface area contributed by atoms with Gasteiger partial charge in [0.05, 0.1) is 0 Å². The van der Waals surface area contributed by atoms with Gasteiger partial charge in [-0.15, -0.1) is 0 Å². The number of ether oxygens (including phenoxy) is 1. The number of rotatable bonds is 2. The van der Waals surface area contributed by atoms with Crippen LogP contribution in [-0.4, -0.2) is 16.5 Å². The first kappa shape index (κ1) is 11.0. The minimum absolute atomic E-state index is 0.135. The Bertz CT molecular complexity index is 419.